The van der Waals surface area contributed by atoms with Gasteiger partial charge < -0.3 is 14.0 Å². The summed E-state index contributed by atoms with van der Waals surface area (Å²) in [6.07, 6.45) is 9.69. The number of aromatic nitrogens is 12. The number of nitrogens with zero attached hydrogens (tertiary/aromatic N) is 11. The Kier molecular flexibility index (Phi) is 8.78. The Morgan fingerprint density at radius 3 is 1.70 bits per heavy atom. The van der Waals surface area contributed by atoms with E-state index < -0.39 is 23.3 Å². The van der Waals surface area contributed by atoms with Crippen LogP contribution in [0.15, 0.2) is 112 Å². The van der Waals surface area contributed by atoms with Crippen molar-refractivity contribution in [2.24, 2.45) is 0 Å². The SMILES string of the molecule is Fc1ncccc1Cn1nc(-c2ncccn2)cc1-c1ccon1.O=c1[nH]c(-c2cc(-c3ccon3)n(Cc3cccnc3F)n2)ncc1F. The van der Waals surface area contributed by atoms with Crippen molar-refractivity contribution in [3.8, 4) is 45.8 Å². The van der Waals surface area contributed by atoms with Crippen molar-refractivity contribution < 1.29 is 22.2 Å². The zero-order chi connectivity index (χ0) is 34.5. The van der Waals surface area contributed by atoms with E-state index in [1.165, 1.54) is 29.6 Å². The number of aromatic amines is 1. The third-order valence-electron chi connectivity index (χ3n) is 7.07. The highest BCUT2D eigenvalue weighted by atomic mass is 19.1. The molecule has 50 heavy (non-hydrogen) atoms. The molecule has 0 spiro atoms. The van der Waals surface area contributed by atoms with Crippen molar-refractivity contribution in [3.05, 3.63) is 137 Å². The second-order valence-corrected chi connectivity index (χ2v) is 10.3. The fourth-order valence-electron chi connectivity index (χ4n) is 4.74. The highest BCUT2D eigenvalue weighted by Gasteiger charge is 2.18. The molecular weight excluding hydrogens is 657 g/mol. The standard InChI is InChI=1S/C16H10F2N6O2.C16H11FN6O/c17-10-7-20-15(21-16(10)25)12-6-13(11-3-5-26-23-11)24(22-12)8-9-2-1-4-19-14(9)18;17-15-11(3-1-5-18-15)10-23-14(12-4-8-24-22-12)9-13(21-23)16-19-6-2-7-20-16/h1-7H,8H2,(H,20,21,25);1-9H,10H2. The molecule has 1 N–H and O–H groups in total. The summed E-state index contributed by atoms with van der Waals surface area (Å²) in [6, 6.07) is 15.0. The van der Waals surface area contributed by atoms with Crippen molar-refractivity contribution in [2.75, 3.05) is 0 Å². The number of hydrogen-bond acceptors (Lipinski definition) is 12. The number of pyridine rings is 2. The van der Waals surface area contributed by atoms with E-state index in [-0.39, 0.29) is 24.6 Å². The Hall–Kier alpha value is -7.11. The van der Waals surface area contributed by atoms with Crippen LogP contribution in [0.5, 0.6) is 0 Å². The summed E-state index contributed by atoms with van der Waals surface area (Å²) in [4.78, 5) is 33.3. The molecule has 0 aliphatic carbocycles. The quantitative estimate of drug-likeness (QED) is 0.221. The molecule has 248 valence electrons. The second-order valence-electron chi connectivity index (χ2n) is 10.3. The van der Waals surface area contributed by atoms with E-state index in [2.05, 4.69) is 50.4 Å². The van der Waals surface area contributed by atoms with E-state index in [1.807, 2.05) is 0 Å². The molecule has 18 heteroatoms. The van der Waals surface area contributed by atoms with Gasteiger partial charge in [-0.2, -0.15) is 23.4 Å². The summed E-state index contributed by atoms with van der Waals surface area (Å²) < 4.78 is 53.8. The van der Waals surface area contributed by atoms with Crippen molar-refractivity contribution in [2.45, 2.75) is 13.1 Å². The minimum absolute atomic E-state index is 0.0628. The van der Waals surface area contributed by atoms with Gasteiger partial charge in [-0.1, -0.05) is 22.4 Å². The van der Waals surface area contributed by atoms with Crippen molar-refractivity contribution in [3.63, 3.8) is 0 Å². The van der Waals surface area contributed by atoms with Crippen molar-refractivity contribution >= 4 is 0 Å². The summed E-state index contributed by atoms with van der Waals surface area (Å²) in [5.41, 5.74) is 2.89. The highest BCUT2D eigenvalue weighted by molar-refractivity contribution is 5.63. The average molecular weight is 679 g/mol. The lowest BCUT2D eigenvalue weighted by atomic mass is 10.2. The van der Waals surface area contributed by atoms with Gasteiger partial charge in [0.2, 0.25) is 17.7 Å². The van der Waals surface area contributed by atoms with Crippen molar-refractivity contribution in [1.29, 1.82) is 0 Å². The molecule has 0 saturated heterocycles. The first-order valence-corrected chi connectivity index (χ1v) is 14.6. The summed E-state index contributed by atoms with van der Waals surface area (Å²) in [5.74, 6) is -1.60. The van der Waals surface area contributed by atoms with Gasteiger partial charge in [0, 0.05) is 48.0 Å². The molecule has 0 radical (unpaired) electrons. The molecule has 8 rings (SSSR count). The minimum Gasteiger partial charge on any atom is -0.364 e. The Balaban J connectivity index is 0.000000157. The van der Waals surface area contributed by atoms with Crippen LogP contribution < -0.4 is 5.56 Å². The fraction of sp³-hybridized carbons (Fsp3) is 0.0625. The molecular formula is C32H21F3N12O3. The van der Waals surface area contributed by atoms with Gasteiger partial charge in [0.05, 0.1) is 30.7 Å². The van der Waals surface area contributed by atoms with Crippen LogP contribution >= 0.6 is 0 Å². The third kappa shape index (κ3) is 6.79. The second kappa shape index (κ2) is 13.9. The van der Waals surface area contributed by atoms with Gasteiger partial charge in [0.1, 0.15) is 35.3 Å². The lowest BCUT2D eigenvalue weighted by Gasteiger charge is -2.06. The Morgan fingerprint density at radius 1 is 0.640 bits per heavy atom. The molecule has 0 saturated carbocycles. The van der Waals surface area contributed by atoms with Crippen LogP contribution in [0.3, 0.4) is 0 Å². The molecule has 8 aromatic heterocycles. The topological polar surface area (TPSA) is 185 Å². The molecule has 0 fully saturated rings. The number of rotatable bonds is 8. The number of hydrogen-bond donors (Lipinski definition) is 1. The van der Waals surface area contributed by atoms with Crippen LogP contribution in [0, 0.1) is 17.7 Å². The maximum Gasteiger partial charge on any atom is 0.287 e. The van der Waals surface area contributed by atoms with E-state index in [1.54, 1.807) is 71.7 Å². The summed E-state index contributed by atoms with van der Waals surface area (Å²) in [5, 5.41) is 16.6. The maximum atomic E-state index is 13.9. The predicted octanol–water partition coefficient (Wildman–Crippen LogP) is 4.59. The van der Waals surface area contributed by atoms with E-state index in [9.17, 15) is 18.0 Å². The normalized spacial score (nSPS) is 10.9. The van der Waals surface area contributed by atoms with E-state index in [0.29, 0.717) is 45.4 Å². The van der Waals surface area contributed by atoms with Crippen LogP contribution in [0.4, 0.5) is 13.2 Å². The first kappa shape index (κ1) is 31.5. The fourth-order valence-corrected chi connectivity index (χ4v) is 4.74. The van der Waals surface area contributed by atoms with Gasteiger partial charge in [0.15, 0.2) is 11.6 Å². The molecule has 0 amide bonds. The molecule has 8 aromatic rings. The first-order chi connectivity index (χ1) is 24.4. The van der Waals surface area contributed by atoms with E-state index in [4.69, 9.17) is 9.05 Å². The zero-order valence-corrected chi connectivity index (χ0v) is 25.4. The Morgan fingerprint density at radius 2 is 1.18 bits per heavy atom. The van der Waals surface area contributed by atoms with Gasteiger partial charge in [-0.15, -0.1) is 0 Å². The lowest BCUT2D eigenvalue weighted by molar-refractivity contribution is 0.421. The van der Waals surface area contributed by atoms with Gasteiger partial charge in [-0.05, 0) is 30.3 Å². The molecule has 0 bridgehead atoms. The average Bonchev–Trinajstić information content (AvgIpc) is 3.97. The highest BCUT2D eigenvalue weighted by Crippen LogP contribution is 2.25. The smallest absolute Gasteiger partial charge is 0.287 e. The molecule has 15 nitrogen and oxygen atoms in total. The van der Waals surface area contributed by atoms with Gasteiger partial charge in [-0.25, -0.2) is 24.9 Å². The maximum absolute atomic E-state index is 13.9. The van der Waals surface area contributed by atoms with Gasteiger partial charge in [-0.3, -0.25) is 14.2 Å². The number of H-pyrrole nitrogens is 1. The van der Waals surface area contributed by atoms with Crippen LogP contribution in [0.25, 0.3) is 45.8 Å². The lowest BCUT2D eigenvalue weighted by Crippen LogP contribution is -2.12. The molecule has 0 unspecified atom stereocenters. The molecule has 0 aliphatic rings. The van der Waals surface area contributed by atoms with E-state index in [0.717, 1.165) is 6.20 Å². The summed E-state index contributed by atoms with van der Waals surface area (Å²) in [7, 11) is 0. The number of halogens is 3. The Bertz CT molecular complexity index is 2410. The zero-order valence-electron chi connectivity index (χ0n) is 25.4. The summed E-state index contributed by atoms with van der Waals surface area (Å²) >= 11 is 0. The Labute approximate surface area is 278 Å². The van der Waals surface area contributed by atoms with Gasteiger partial charge >= 0.3 is 0 Å². The van der Waals surface area contributed by atoms with Crippen LogP contribution in [0.2, 0.25) is 0 Å². The third-order valence-corrected chi connectivity index (χ3v) is 7.07. The van der Waals surface area contributed by atoms with Gasteiger partial charge in [0.25, 0.3) is 5.56 Å². The largest absolute Gasteiger partial charge is 0.364 e. The molecule has 0 atom stereocenters. The predicted molar refractivity (Wildman–Crippen MR) is 167 cm³/mol. The monoisotopic (exact) mass is 678 g/mol. The van der Waals surface area contributed by atoms with Crippen molar-refractivity contribution in [1.82, 2.24) is 59.8 Å². The first-order valence-electron chi connectivity index (χ1n) is 14.6. The van der Waals surface area contributed by atoms with Crippen LogP contribution in [-0.2, 0) is 13.1 Å². The minimum atomic E-state index is -0.998. The van der Waals surface area contributed by atoms with Crippen LogP contribution in [0.1, 0.15) is 11.1 Å². The van der Waals surface area contributed by atoms with E-state index >= 15 is 0 Å². The van der Waals surface area contributed by atoms with Crippen LogP contribution in [-0.4, -0.2) is 59.8 Å². The molecule has 8 heterocycles. The number of nitrogens with one attached hydrogen (secondary N) is 1. The molecule has 0 aliphatic heterocycles. The molecule has 0 aromatic carbocycles. The summed E-state index contributed by atoms with van der Waals surface area (Å²) in [6.45, 7) is 0.266.